The van der Waals surface area contributed by atoms with Crippen molar-refractivity contribution in [2.75, 3.05) is 11.5 Å². The van der Waals surface area contributed by atoms with Crippen LogP contribution in [-0.4, -0.2) is 19.2 Å². The van der Waals surface area contributed by atoms with Crippen LogP contribution in [0, 0.1) is 0 Å². The highest BCUT2D eigenvalue weighted by atomic mass is 32.2. The summed E-state index contributed by atoms with van der Waals surface area (Å²) in [6, 6.07) is 5.08. The van der Waals surface area contributed by atoms with Crippen LogP contribution in [0.5, 0.6) is 0 Å². The van der Waals surface area contributed by atoms with Crippen LogP contribution in [0.2, 0.25) is 0 Å². The van der Waals surface area contributed by atoms with Crippen LogP contribution in [0.4, 0.5) is 5.69 Å². The van der Waals surface area contributed by atoms with Gasteiger partial charge in [-0.1, -0.05) is 0 Å². The number of aromatic nitrogens is 1. The van der Waals surface area contributed by atoms with Gasteiger partial charge in [0.05, 0.1) is 11.4 Å². The smallest absolute Gasteiger partial charge is 0.198 e. The Bertz CT molecular complexity index is 592. The molecule has 0 spiro atoms. The van der Waals surface area contributed by atoms with Crippen LogP contribution >= 0.6 is 11.3 Å². The van der Waals surface area contributed by atoms with Crippen molar-refractivity contribution in [2.45, 2.75) is 11.4 Å². The topological polar surface area (TPSA) is 73.0 Å². The second kappa shape index (κ2) is 4.85. The lowest BCUT2D eigenvalue weighted by atomic mass is 10.3. The number of sulfone groups is 1. The fourth-order valence-corrected chi connectivity index (χ4v) is 3.50. The molecule has 2 aromatic heterocycles. The van der Waals surface area contributed by atoms with Crippen molar-refractivity contribution in [1.82, 2.24) is 4.98 Å². The molecule has 6 heteroatoms. The molecule has 0 radical (unpaired) electrons. The Morgan fingerprint density at radius 3 is 2.82 bits per heavy atom. The molecule has 0 atom stereocenters. The molecule has 4 nitrogen and oxygen atoms in total. The van der Waals surface area contributed by atoms with Gasteiger partial charge in [-0.05, 0) is 40.9 Å². The Kier molecular flexibility index (Phi) is 3.44. The first-order chi connectivity index (χ1) is 8.09. The zero-order valence-corrected chi connectivity index (χ0v) is 10.7. The van der Waals surface area contributed by atoms with E-state index in [1.54, 1.807) is 23.5 Å². The molecule has 17 heavy (non-hydrogen) atoms. The fraction of sp³-hybridized carbons (Fsp3) is 0.182. The lowest BCUT2D eigenvalue weighted by Crippen LogP contribution is -2.12. The minimum atomic E-state index is -3.40. The van der Waals surface area contributed by atoms with E-state index in [4.69, 9.17) is 5.73 Å². The van der Waals surface area contributed by atoms with Crippen LogP contribution in [0.1, 0.15) is 5.56 Å². The summed E-state index contributed by atoms with van der Waals surface area (Å²) in [4.78, 5) is 3.84. The Hall–Kier alpha value is -1.40. The van der Waals surface area contributed by atoms with Gasteiger partial charge < -0.3 is 5.73 Å². The lowest BCUT2D eigenvalue weighted by Gasteiger charge is -2.05. The molecule has 2 aromatic rings. The highest BCUT2D eigenvalue weighted by molar-refractivity contribution is 7.91. The van der Waals surface area contributed by atoms with E-state index in [9.17, 15) is 8.42 Å². The molecule has 90 valence electrons. The summed E-state index contributed by atoms with van der Waals surface area (Å²) in [5, 5.41) is 3.85. The molecule has 2 heterocycles. The first-order valence-electron chi connectivity index (χ1n) is 5.04. The monoisotopic (exact) mass is 268 g/mol. The minimum Gasteiger partial charge on any atom is -0.396 e. The Labute approximate surface area is 104 Å². The van der Waals surface area contributed by atoms with Gasteiger partial charge in [-0.15, -0.1) is 0 Å². The van der Waals surface area contributed by atoms with Crippen LogP contribution in [0.25, 0.3) is 0 Å². The zero-order chi connectivity index (χ0) is 12.3. The van der Waals surface area contributed by atoms with Gasteiger partial charge >= 0.3 is 0 Å². The minimum absolute atomic E-state index is 0.0183. The molecule has 0 aliphatic rings. The van der Waals surface area contributed by atoms with Crippen molar-refractivity contribution in [1.29, 1.82) is 0 Å². The van der Waals surface area contributed by atoms with E-state index >= 15 is 0 Å². The molecule has 0 amide bonds. The number of nitrogens with zero attached hydrogens (tertiary/aromatic N) is 1. The predicted molar refractivity (Wildman–Crippen MR) is 68.7 cm³/mol. The van der Waals surface area contributed by atoms with Gasteiger partial charge in [-0.2, -0.15) is 11.3 Å². The van der Waals surface area contributed by atoms with Crippen molar-refractivity contribution >= 4 is 26.9 Å². The molecule has 2 N–H and O–H groups in total. The summed E-state index contributed by atoms with van der Waals surface area (Å²) in [6.45, 7) is 0. The first kappa shape index (κ1) is 12.1. The van der Waals surface area contributed by atoms with E-state index in [1.807, 2.05) is 16.8 Å². The third kappa shape index (κ3) is 2.83. The van der Waals surface area contributed by atoms with Crippen molar-refractivity contribution < 1.29 is 8.42 Å². The summed E-state index contributed by atoms with van der Waals surface area (Å²) < 4.78 is 24.0. The number of nitrogens with two attached hydrogens (primary N) is 1. The standard InChI is InChI=1S/C11H12N2O2S2/c12-10-2-1-5-13-11(10)17(14,15)7-4-9-3-6-16-8-9/h1-3,5-6,8H,4,7,12H2. The van der Waals surface area contributed by atoms with Gasteiger partial charge in [0.2, 0.25) is 0 Å². The average molecular weight is 268 g/mol. The third-order valence-electron chi connectivity index (χ3n) is 2.33. The number of pyridine rings is 1. The largest absolute Gasteiger partial charge is 0.396 e. The molecule has 0 unspecified atom stereocenters. The molecule has 0 aromatic carbocycles. The Morgan fingerprint density at radius 2 is 2.18 bits per heavy atom. The van der Waals surface area contributed by atoms with Crippen LogP contribution < -0.4 is 5.73 Å². The second-order valence-corrected chi connectivity index (χ2v) is 6.40. The van der Waals surface area contributed by atoms with Gasteiger partial charge in [-0.25, -0.2) is 13.4 Å². The van der Waals surface area contributed by atoms with E-state index in [2.05, 4.69) is 4.98 Å². The summed E-state index contributed by atoms with van der Waals surface area (Å²) in [6.07, 6.45) is 1.93. The number of hydrogen-bond acceptors (Lipinski definition) is 5. The maximum absolute atomic E-state index is 12.0. The quantitative estimate of drug-likeness (QED) is 0.916. The second-order valence-electron chi connectivity index (χ2n) is 3.60. The maximum atomic E-state index is 12.0. The van der Waals surface area contributed by atoms with Crippen LogP contribution in [0.3, 0.4) is 0 Å². The van der Waals surface area contributed by atoms with E-state index in [0.717, 1.165) is 5.56 Å². The van der Waals surface area contributed by atoms with Crippen molar-refractivity contribution in [2.24, 2.45) is 0 Å². The number of rotatable bonds is 4. The number of thiophene rings is 1. The molecule has 2 rings (SSSR count). The van der Waals surface area contributed by atoms with Gasteiger partial charge in [0.15, 0.2) is 14.9 Å². The van der Waals surface area contributed by atoms with Crippen molar-refractivity contribution in [3.05, 3.63) is 40.7 Å². The number of aryl methyl sites for hydroxylation is 1. The molecular formula is C11H12N2O2S2. The number of anilines is 1. The molecule has 0 aliphatic heterocycles. The number of hydrogen-bond donors (Lipinski definition) is 1. The average Bonchev–Trinajstić information content (AvgIpc) is 2.80. The van der Waals surface area contributed by atoms with Gasteiger partial charge in [0, 0.05) is 6.20 Å². The summed E-state index contributed by atoms with van der Waals surface area (Å²) in [5.41, 5.74) is 6.84. The van der Waals surface area contributed by atoms with E-state index in [-0.39, 0.29) is 16.5 Å². The number of nitrogen functional groups attached to an aromatic ring is 1. The highest BCUT2D eigenvalue weighted by Gasteiger charge is 2.18. The summed E-state index contributed by atoms with van der Waals surface area (Å²) in [5.74, 6) is 0.0327. The zero-order valence-electron chi connectivity index (χ0n) is 9.04. The molecule has 0 bridgehead atoms. The molecule has 0 aliphatic carbocycles. The summed E-state index contributed by atoms with van der Waals surface area (Å²) in [7, 11) is -3.40. The third-order valence-corrected chi connectivity index (χ3v) is 4.74. The van der Waals surface area contributed by atoms with E-state index in [1.165, 1.54) is 6.20 Å². The normalized spacial score (nSPS) is 11.5. The van der Waals surface area contributed by atoms with E-state index in [0.29, 0.717) is 6.42 Å². The lowest BCUT2D eigenvalue weighted by molar-refractivity contribution is 0.592. The molecule has 0 saturated heterocycles. The van der Waals surface area contributed by atoms with Crippen LogP contribution in [0.15, 0.2) is 40.2 Å². The molecule has 0 saturated carbocycles. The van der Waals surface area contributed by atoms with Crippen molar-refractivity contribution in [3.8, 4) is 0 Å². The summed E-state index contributed by atoms with van der Waals surface area (Å²) >= 11 is 1.55. The van der Waals surface area contributed by atoms with E-state index < -0.39 is 9.84 Å². The highest BCUT2D eigenvalue weighted by Crippen LogP contribution is 2.17. The first-order valence-corrected chi connectivity index (χ1v) is 7.63. The SMILES string of the molecule is Nc1cccnc1S(=O)(=O)CCc1ccsc1. The fourth-order valence-electron chi connectivity index (χ4n) is 1.45. The van der Waals surface area contributed by atoms with Crippen LogP contribution in [-0.2, 0) is 16.3 Å². The Balaban J connectivity index is 2.17. The van der Waals surface area contributed by atoms with Gasteiger partial charge in [0.25, 0.3) is 0 Å². The molecular weight excluding hydrogens is 256 g/mol. The van der Waals surface area contributed by atoms with Gasteiger partial charge in [-0.3, -0.25) is 0 Å². The molecule has 0 fully saturated rings. The maximum Gasteiger partial charge on any atom is 0.198 e. The predicted octanol–water partition coefficient (Wildman–Crippen LogP) is 1.74. The Morgan fingerprint density at radius 1 is 1.35 bits per heavy atom. The van der Waals surface area contributed by atoms with Crippen molar-refractivity contribution in [3.63, 3.8) is 0 Å². The van der Waals surface area contributed by atoms with Gasteiger partial charge in [0.1, 0.15) is 0 Å².